The van der Waals surface area contributed by atoms with Crippen molar-refractivity contribution >= 4 is 17.7 Å². The van der Waals surface area contributed by atoms with E-state index < -0.39 is 29.2 Å². The number of carbonyl (C=O) groups is 3. The van der Waals surface area contributed by atoms with E-state index in [0.717, 1.165) is 0 Å². The Balaban J connectivity index is 4.82. The van der Waals surface area contributed by atoms with E-state index in [1.807, 2.05) is 0 Å². The number of hydrogen-bond acceptors (Lipinski definition) is 5. The molecule has 0 aromatic heterocycles. The van der Waals surface area contributed by atoms with E-state index in [9.17, 15) is 14.4 Å². The van der Waals surface area contributed by atoms with Gasteiger partial charge in [-0.2, -0.15) is 0 Å². The number of ketones is 1. The number of carboxylic acids is 1. The van der Waals surface area contributed by atoms with E-state index >= 15 is 0 Å². The van der Waals surface area contributed by atoms with E-state index in [2.05, 4.69) is 0 Å². The van der Waals surface area contributed by atoms with Crippen molar-refractivity contribution in [1.82, 2.24) is 0 Å². The highest BCUT2D eigenvalue weighted by Crippen LogP contribution is 2.13. The van der Waals surface area contributed by atoms with Crippen LogP contribution in [0.15, 0.2) is 0 Å². The summed E-state index contributed by atoms with van der Waals surface area (Å²) in [6.45, 7) is 1.33. The molecule has 0 radical (unpaired) electrons. The maximum atomic E-state index is 11.4. The average molecular weight is 217 g/mol. The van der Waals surface area contributed by atoms with Crippen LogP contribution in [0.5, 0.6) is 0 Å². The van der Waals surface area contributed by atoms with Gasteiger partial charge in [0.05, 0.1) is 6.04 Å². The summed E-state index contributed by atoms with van der Waals surface area (Å²) < 4.78 is 0. The number of aliphatic carboxylic acids is 1. The third-order valence-corrected chi connectivity index (χ3v) is 2.00. The van der Waals surface area contributed by atoms with Gasteiger partial charge in [-0.15, -0.1) is 0 Å². The number of carboxylic acid groups (broad SMARTS) is 1. The van der Waals surface area contributed by atoms with Crippen LogP contribution in [-0.2, 0) is 14.4 Å². The summed E-state index contributed by atoms with van der Waals surface area (Å²) in [5, 5.41) is 8.81. The molecule has 0 rings (SSSR count). The summed E-state index contributed by atoms with van der Waals surface area (Å²) >= 11 is 0. The lowest BCUT2D eigenvalue weighted by Crippen LogP contribution is -2.59. The lowest BCUT2D eigenvalue weighted by atomic mass is 9.86. The fourth-order valence-corrected chi connectivity index (χ4v) is 1.06. The Morgan fingerprint density at radius 3 is 2.13 bits per heavy atom. The van der Waals surface area contributed by atoms with Gasteiger partial charge in [-0.05, 0) is 13.3 Å². The Morgan fingerprint density at radius 2 is 1.87 bits per heavy atom. The summed E-state index contributed by atoms with van der Waals surface area (Å²) in [6, 6.07) is -1.00. The minimum atomic E-state index is -2.14. The number of hydrogen-bond donors (Lipinski definition) is 4. The highest BCUT2D eigenvalue weighted by atomic mass is 16.4. The monoisotopic (exact) mass is 217 g/mol. The van der Waals surface area contributed by atoms with Crippen LogP contribution in [0, 0.1) is 0 Å². The van der Waals surface area contributed by atoms with Crippen molar-refractivity contribution in [2.24, 2.45) is 17.2 Å². The summed E-state index contributed by atoms with van der Waals surface area (Å²) in [6.07, 6.45) is -0.626. The first kappa shape index (κ1) is 13.5. The smallest absolute Gasteiger partial charge is 0.331 e. The van der Waals surface area contributed by atoms with Crippen LogP contribution in [0.3, 0.4) is 0 Å². The van der Waals surface area contributed by atoms with Crippen molar-refractivity contribution < 1.29 is 19.5 Å². The molecule has 0 aromatic carbocycles. The minimum absolute atomic E-state index is 0.277. The fourth-order valence-electron chi connectivity index (χ4n) is 1.06. The zero-order chi connectivity index (χ0) is 12.2. The first-order chi connectivity index (χ1) is 6.71. The number of carbonyl (C=O) groups excluding carboxylic acids is 2. The largest absolute Gasteiger partial charge is 0.480 e. The Kier molecular flexibility index (Phi) is 4.38. The third kappa shape index (κ3) is 3.30. The maximum Gasteiger partial charge on any atom is 0.331 e. The van der Waals surface area contributed by atoms with Crippen LogP contribution < -0.4 is 17.2 Å². The van der Waals surface area contributed by atoms with Crippen molar-refractivity contribution in [2.75, 3.05) is 0 Å². The van der Waals surface area contributed by atoms with Crippen molar-refractivity contribution in [3.8, 4) is 0 Å². The highest BCUT2D eigenvalue weighted by molar-refractivity contribution is 6.09. The quantitative estimate of drug-likeness (QED) is 0.376. The van der Waals surface area contributed by atoms with E-state index in [0.29, 0.717) is 0 Å². The van der Waals surface area contributed by atoms with Crippen LogP contribution in [-0.4, -0.2) is 34.3 Å². The van der Waals surface area contributed by atoms with Gasteiger partial charge in [0.15, 0.2) is 11.3 Å². The molecule has 0 fully saturated rings. The van der Waals surface area contributed by atoms with Crippen LogP contribution in [0.25, 0.3) is 0 Å². The van der Waals surface area contributed by atoms with Gasteiger partial charge in [0.1, 0.15) is 0 Å². The molecular weight excluding hydrogens is 202 g/mol. The molecule has 0 aliphatic rings. The van der Waals surface area contributed by atoms with Crippen molar-refractivity contribution in [1.29, 1.82) is 0 Å². The Hall–Kier alpha value is -1.47. The second-order valence-electron chi connectivity index (χ2n) is 3.40. The molecule has 86 valence electrons. The Labute approximate surface area is 86.6 Å². The predicted octanol–water partition coefficient (Wildman–Crippen LogP) is -2.05. The molecule has 0 bridgehead atoms. The molecule has 0 heterocycles. The lowest BCUT2D eigenvalue weighted by Gasteiger charge is -2.24. The van der Waals surface area contributed by atoms with Gasteiger partial charge in [-0.25, -0.2) is 4.79 Å². The predicted molar refractivity (Wildman–Crippen MR) is 51.6 cm³/mol. The standard InChI is InChI=1S/C8H15N3O4/c1-4(9)6(13)8(11,7(14)15)3-2-5(10)12/h4H,2-3,9,11H2,1H3,(H2,10,12)(H,14,15)/t4-,8+/m0/s1. The molecule has 0 aromatic rings. The fraction of sp³-hybridized carbons (Fsp3) is 0.625. The molecule has 0 saturated carbocycles. The van der Waals surface area contributed by atoms with E-state index in [1.165, 1.54) is 6.92 Å². The Bertz CT molecular complexity index is 290. The van der Waals surface area contributed by atoms with Crippen LogP contribution >= 0.6 is 0 Å². The number of amides is 1. The SMILES string of the molecule is C[C@H](N)C(=O)[C@](N)(CCC(N)=O)C(=O)O. The number of nitrogens with two attached hydrogens (primary N) is 3. The Morgan fingerprint density at radius 1 is 1.40 bits per heavy atom. The molecule has 0 saturated heterocycles. The number of primary amides is 1. The first-order valence-electron chi connectivity index (χ1n) is 4.32. The number of Topliss-reactive ketones (excluding diaryl/α,β-unsaturated/α-hetero) is 1. The average Bonchev–Trinajstić information content (AvgIpc) is 2.12. The molecule has 0 aliphatic carbocycles. The molecular formula is C8H15N3O4. The topological polar surface area (TPSA) is 149 Å². The van der Waals surface area contributed by atoms with Crippen molar-refractivity contribution in [2.45, 2.75) is 31.3 Å². The van der Waals surface area contributed by atoms with Gasteiger partial charge in [0, 0.05) is 6.42 Å². The van der Waals surface area contributed by atoms with Gasteiger partial charge >= 0.3 is 5.97 Å². The summed E-state index contributed by atoms with van der Waals surface area (Å²) in [7, 11) is 0. The summed E-state index contributed by atoms with van der Waals surface area (Å²) in [4.78, 5) is 32.8. The molecule has 2 atom stereocenters. The summed E-state index contributed by atoms with van der Waals surface area (Å²) in [5.74, 6) is -3.05. The second-order valence-corrected chi connectivity index (χ2v) is 3.40. The van der Waals surface area contributed by atoms with Crippen LogP contribution in [0.4, 0.5) is 0 Å². The lowest BCUT2D eigenvalue weighted by molar-refractivity contribution is -0.149. The molecule has 7 N–H and O–H groups in total. The molecule has 15 heavy (non-hydrogen) atoms. The van der Waals surface area contributed by atoms with E-state index in [1.54, 1.807) is 0 Å². The zero-order valence-corrected chi connectivity index (χ0v) is 8.40. The van der Waals surface area contributed by atoms with Gasteiger partial charge in [0.25, 0.3) is 0 Å². The molecule has 0 aliphatic heterocycles. The van der Waals surface area contributed by atoms with E-state index in [-0.39, 0.29) is 12.8 Å². The maximum absolute atomic E-state index is 11.4. The van der Waals surface area contributed by atoms with Crippen LogP contribution in [0.1, 0.15) is 19.8 Å². The normalized spacial score (nSPS) is 16.5. The highest BCUT2D eigenvalue weighted by Gasteiger charge is 2.43. The minimum Gasteiger partial charge on any atom is -0.480 e. The zero-order valence-electron chi connectivity index (χ0n) is 8.40. The first-order valence-corrected chi connectivity index (χ1v) is 4.32. The third-order valence-electron chi connectivity index (χ3n) is 2.00. The molecule has 7 heteroatoms. The summed E-state index contributed by atoms with van der Waals surface area (Å²) in [5.41, 5.74) is 13.4. The van der Waals surface area contributed by atoms with Gasteiger partial charge in [-0.1, -0.05) is 0 Å². The number of rotatable bonds is 6. The van der Waals surface area contributed by atoms with Gasteiger partial charge in [-0.3, -0.25) is 9.59 Å². The molecule has 0 unspecified atom stereocenters. The molecule has 1 amide bonds. The van der Waals surface area contributed by atoms with Gasteiger partial charge < -0.3 is 22.3 Å². The van der Waals surface area contributed by atoms with Crippen molar-refractivity contribution in [3.05, 3.63) is 0 Å². The molecule has 7 nitrogen and oxygen atoms in total. The van der Waals surface area contributed by atoms with E-state index in [4.69, 9.17) is 22.3 Å². The van der Waals surface area contributed by atoms with Crippen molar-refractivity contribution in [3.63, 3.8) is 0 Å². The molecule has 0 spiro atoms. The second kappa shape index (κ2) is 4.85. The van der Waals surface area contributed by atoms with Gasteiger partial charge in [0.2, 0.25) is 5.91 Å². The van der Waals surface area contributed by atoms with Crippen LogP contribution in [0.2, 0.25) is 0 Å².